The first kappa shape index (κ1) is 19.0. The van der Waals surface area contributed by atoms with Crippen molar-refractivity contribution in [2.75, 3.05) is 13.2 Å². The van der Waals surface area contributed by atoms with E-state index in [2.05, 4.69) is 29.8 Å². The van der Waals surface area contributed by atoms with Gasteiger partial charge in [0.2, 0.25) is 5.91 Å². The van der Waals surface area contributed by atoms with Gasteiger partial charge in [0.15, 0.2) is 0 Å². The summed E-state index contributed by atoms with van der Waals surface area (Å²) in [7, 11) is 0. The average molecular weight is 396 g/mol. The Balaban J connectivity index is 2.10. The minimum Gasteiger partial charge on any atom is -0.466 e. The molecule has 1 aliphatic heterocycles. The molecule has 1 saturated heterocycles. The standard InChI is InChI=1S/C19H26BrNO3/c1-4-24-19(23)15-7-10-17(13(2)3)21(12-15)18(22)11-14-5-8-16(20)9-6-14/h5-6,8-9,13,15,17H,4,7,10-12H2,1-3H3. The van der Waals surface area contributed by atoms with E-state index in [1.54, 1.807) is 0 Å². The second kappa shape index (κ2) is 8.65. The number of hydrogen-bond acceptors (Lipinski definition) is 3. The van der Waals surface area contributed by atoms with Gasteiger partial charge < -0.3 is 9.64 Å². The van der Waals surface area contributed by atoms with Crippen LogP contribution in [0.2, 0.25) is 0 Å². The Bertz CT molecular complexity index is 570. The predicted molar refractivity (Wildman–Crippen MR) is 97.5 cm³/mol. The zero-order chi connectivity index (χ0) is 17.7. The van der Waals surface area contributed by atoms with Crippen LogP contribution in [0.3, 0.4) is 0 Å². The van der Waals surface area contributed by atoms with Crippen molar-refractivity contribution < 1.29 is 14.3 Å². The zero-order valence-electron chi connectivity index (χ0n) is 14.6. The molecule has 1 amide bonds. The summed E-state index contributed by atoms with van der Waals surface area (Å²) in [6.07, 6.45) is 2.02. The number of benzene rings is 1. The first-order valence-electron chi connectivity index (χ1n) is 8.63. The molecule has 1 fully saturated rings. The Morgan fingerprint density at radius 1 is 1.25 bits per heavy atom. The van der Waals surface area contributed by atoms with Crippen molar-refractivity contribution >= 4 is 27.8 Å². The molecule has 24 heavy (non-hydrogen) atoms. The smallest absolute Gasteiger partial charge is 0.310 e. The number of carbonyl (C=O) groups is 2. The van der Waals surface area contributed by atoms with Gasteiger partial charge in [-0.15, -0.1) is 0 Å². The Labute approximate surface area is 152 Å². The molecular formula is C19H26BrNO3. The van der Waals surface area contributed by atoms with E-state index in [1.807, 2.05) is 36.1 Å². The maximum absolute atomic E-state index is 12.9. The molecule has 132 valence electrons. The maximum Gasteiger partial charge on any atom is 0.310 e. The third-order valence-electron chi connectivity index (χ3n) is 4.61. The molecule has 0 radical (unpaired) electrons. The van der Waals surface area contributed by atoms with Crippen molar-refractivity contribution in [2.24, 2.45) is 11.8 Å². The number of esters is 1. The second-order valence-electron chi connectivity index (χ2n) is 6.69. The minimum absolute atomic E-state index is 0.0880. The van der Waals surface area contributed by atoms with Gasteiger partial charge in [-0.05, 0) is 43.4 Å². The van der Waals surface area contributed by atoms with Gasteiger partial charge in [0, 0.05) is 17.1 Å². The van der Waals surface area contributed by atoms with Gasteiger partial charge in [0.1, 0.15) is 0 Å². The van der Waals surface area contributed by atoms with Crippen LogP contribution in [0.15, 0.2) is 28.7 Å². The highest BCUT2D eigenvalue weighted by molar-refractivity contribution is 9.10. The molecule has 0 aromatic heterocycles. The van der Waals surface area contributed by atoms with Crippen molar-refractivity contribution in [3.8, 4) is 0 Å². The molecule has 1 heterocycles. The fourth-order valence-electron chi connectivity index (χ4n) is 3.30. The summed E-state index contributed by atoms with van der Waals surface area (Å²) in [6, 6.07) is 8.00. The number of nitrogens with zero attached hydrogens (tertiary/aromatic N) is 1. The normalized spacial score (nSPS) is 21.0. The van der Waals surface area contributed by atoms with E-state index in [4.69, 9.17) is 4.74 Å². The molecule has 5 heteroatoms. The topological polar surface area (TPSA) is 46.6 Å². The Morgan fingerprint density at radius 3 is 2.50 bits per heavy atom. The first-order valence-corrected chi connectivity index (χ1v) is 9.42. The lowest BCUT2D eigenvalue weighted by atomic mass is 9.86. The van der Waals surface area contributed by atoms with E-state index in [0.29, 0.717) is 25.5 Å². The lowest BCUT2D eigenvalue weighted by Gasteiger charge is -2.41. The molecule has 1 aliphatic rings. The van der Waals surface area contributed by atoms with Crippen LogP contribution >= 0.6 is 15.9 Å². The first-order chi connectivity index (χ1) is 11.4. The number of rotatable bonds is 5. The van der Waals surface area contributed by atoms with E-state index in [1.165, 1.54) is 0 Å². The van der Waals surface area contributed by atoms with Crippen molar-refractivity contribution in [2.45, 2.75) is 46.1 Å². The van der Waals surface area contributed by atoms with E-state index < -0.39 is 0 Å². The molecule has 0 saturated carbocycles. The summed E-state index contributed by atoms with van der Waals surface area (Å²) in [4.78, 5) is 26.8. The highest BCUT2D eigenvalue weighted by Crippen LogP contribution is 2.28. The molecule has 2 atom stereocenters. The van der Waals surface area contributed by atoms with Crippen LogP contribution in [0, 0.1) is 11.8 Å². The van der Waals surface area contributed by atoms with Gasteiger partial charge in [0.05, 0.1) is 18.9 Å². The Kier molecular flexibility index (Phi) is 6.84. The van der Waals surface area contributed by atoms with Gasteiger partial charge in [-0.25, -0.2) is 0 Å². The van der Waals surface area contributed by atoms with Crippen molar-refractivity contribution in [1.29, 1.82) is 0 Å². The fourth-order valence-corrected chi connectivity index (χ4v) is 3.57. The number of halogens is 1. The average Bonchev–Trinajstić information content (AvgIpc) is 2.56. The van der Waals surface area contributed by atoms with Crippen molar-refractivity contribution in [3.63, 3.8) is 0 Å². The SMILES string of the molecule is CCOC(=O)C1CCC(C(C)C)N(C(=O)Cc2ccc(Br)cc2)C1. The third kappa shape index (κ3) is 4.82. The zero-order valence-corrected chi connectivity index (χ0v) is 16.2. The summed E-state index contributed by atoms with van der Waals surface area (Å²) < 4.78 is 6.15. The number of likely N-dealkylation sites (tertiary alicyclic amines) is 1. The van der Waals surface area contributed by atoms with Crippen LogP contribution in [0.5, 0.6) is 0 Å². The molecule has 0 aliphatic carbocycles. The largest absolute Gasteiger partial charge is 0.466 e. The van der Waals surface area contributed by atoms with Crippen molar-refractivity contribution in [1.82, 2.24) is 4.90 Å². The predicted octanol–water partition coefficient (Wildman–Crippen LogP) is 3.82. The van der Waals surface area contributed by atoms with E-state index in [-0.39, 0.29) is 23.8 Å². The van der Waals surface area contributed by atoms with Crippen LogP contribution in [0.1, 0.15) is 39.2 Å². The number of hydrogen-bond donors (Lipinski definition) is 0. The highest BCUT2D eigenvalue weighted by atomic mass is 79.9. The van der Waals surface area contributed by atoms with Gasteiger partial charge in [-0.3, -0.25) is 9.59 Å². The van der Waals surface area contributed by atoms with Crippen LogP contribution in [0.4, 0.5) is 0 Å². The number of piperidine rings is 1. The third-order valence-corrected chi connectivity index (χ3v) is 5.14. The van der Waals surface area contributed by atoms with Crippen LogP contribution in [0.25, 0.3) is 0 Å². The lowest BCUT2D eigenvalue weighted by Crippen LogP contribution is -2.51. The molecule has 2 unspecified atom stereocenters. The number of amides is 1. The highest BCUT2D eigenvalue weighted by Gasteiger charge is 2.36. The Hall–Kier alpha value is -1.36. The molecular weight excluding hydrogens is 370 g/mol. The lowest BCUT2D eigenvalue weighted by molar-refractivity contribution is -0.153. The van der Waals surface area contributed by atoms with Gasteiger partial charge >= 0.3 is 5.97 Å². The quantitative estimate of drug-likeness (QED) is 0.711. The summed E-state index contributed by atoms with van der Waals surface area (Å²) in [6.45, 7) is 6.94. The monoisotopic (exact) mass is 395 g/mol. The molecule has 0 spiro atoms. The summed E-state index contributed by atoms with van der Waals surface area (Å²) in [5.74, 6) is 0.0852. The Morgan fingerprint density at radius 2 is 1.92 bits per heavy atom. The molecule has 1 aromatic carbocycles. The second-order valence-corrected chi connectivity index (χ2v) is 7.60. The van der Waals surface area contributed by atoms with E-state index >= 15 is 0 Å². The summed E-state index contributed by atoms with van der Waals surface area (Å²) in [5, 5.41) is 0. The summed E-state index contributed by atoms with van der Waals surface area (Å²) >= 11 is 3.41. The van der Waals surface area contributed by atoms with Crippen LogP contribution in [-0.4, -0.2) is 36.0 Å². The molecule has 1 aromatic rings. The number of carbonyl (C=O) groups excluding carboxylic acids is 2. The van der Waals surface area contributed by atoms with Crippen LogP contribution < -0.4 is 0 Å². The summed E-state index contributed by atoms with van der Waals surface area (Å²) in [5.41, 5.74) is 0.990. The fraction of sp³-hybridized carbons (Fsp3) is 0.579. The molecule has 4 nitrogen and oxygen atoms in total. The van der Waals surface area contributed by atoms with Gasteiger partial charge in [-0.1, -0.05) is 41.9 Å². The minimum atomic E-state index is -0.200. The van der Waals surface area contributed by atoms with Gasteiger partial charge in [-0.2, -0.15) is 0 Å². The van der Waals surface area contributed by atoms with Gasteiger partial charge in [0.25, 0.3) is 0 Å². The maximum atomic E-state index is 12.9. The number of ether oxygens (including phenoxy) is 1. The van der Waals surface area contributed by atoms with Crippen molar-refractivity contribution in [3.05, 3.63) is 34.3 Å². The molecule has 0 bridgehead atoms. The molecule has 2 rings (SSSR count). The molecule has 0 N–H and O–H groups in total. The van der Waals surface area contributed by atoms with E-state index in [0.717, 1.165) is 22.9 Å². The van der Waals surface area contributed by atoms with E-state index in [9.17, 15) is 9.59 Å². The van der Waals surface area contributed by atoms with Crippen LogP contribution in [-0.2, 0) is 20.7 Å².